The quantitative estimate of drug-likeness (QED) is 0.501. The molecule has 4 nitrogen and oxygen atoms in total. The molecule has 110 valence electrons. The van der Waals surface area contributed by atoms with Gasteiger partial charge in [-0.05, 0) is 39.2 Å². The molecule has 0 fully saturated rings. The predicted octanol–water partition coefficient (Wildman–Crippen LogP) is 1.31. The molecule has 4 N–H and O–H groups in total. The molecule has 0 unspecified atom stereocenters. The molecular weight excluding hydrogens is 244 g/mol. The van der Waals surface area contributed by atoms with Crippen molar-refractivity contribution in [3.8, 4) is 0 Å². The highest BCUT2D eigenvalue weighted by Gasteiger charge is 2.08. The second-order valence-electron chi connectivity index (χ2n) is 4.88. The number of rotatable bonds is 8. The summed E-state index contributed by atoms with van der Waals surface area (Å²) in [5.41, 5.74) is 2.42. The van der Waals surface area contributed by atoms with Crippen LogP contribution in [0.5, 0.6) is 0 Å². The topological polar surface area (TPSA) is 80.9 Å². The van der Waals surface area contributed by atoms with Crippen LogP contribution in [0.1, 0.15) is 33.6 Å². The lowest BCUT2D eigenvalue weighted by atomic mass is 10.0. The van der Waals surface area contributed by atoms with Gasteiger partial charge in [0.1, 0.15) is 0 Å². The maximum Gasteiger partial charge on any atom is 0.0782 e. The summed E-state index contributed by atoms with van der Waals surface area (Å²) in [6.45, 7) is 5.36. The summed E-state index contributed by atoms with van der Waals surface area (Å²) in [6.07, 6.45) is 4.60. The molecule has 0 saturated heterocycles. The Balaban J connectivity index is 4.41. The van der Waals surface area contributed by atoms with Gasteiger partial charge in [0, 0.05) is 0 Å². The lowest BCUT2D eigenvalue weighted by Crippen LogP contribution is -2.12. The first-order valence-corrected chi connectivity index (χ1v) is 6.48. The van der Waals surface area contributed by atoms with Crippen molar-refractivity contribution in [3.63, 3.8) is 0 Å². The molecule has 0 amide bonds. The maximum absolute atomic E-state index is 9.89. The van der Waals surface area contributed by atoms with E-state index in [4.69, 9.17) is 10.2 Å². The molecule has 0 aliphatic heterocycles. The lowest BCUT2D eigenvalue weighted by Gasteiger charge is -2.13. The van der Waals surface area contributed by atoms with Gasteiger partial charge in [-0.15, -0.1) is 0 Å². The Hall–Kier alpha value is -0.940. The first-order chi connectivity index (χ1) is 8.90. The molecule has 0 radical (unpaired) electrons. The maximum atomic E-state index is 9.89. The minimum atomic E-state index is -0.666. The van der Waals surface area contributed by atoms with Crippen LogP contribution in [0, 0.1) is 0 Å². The van der Waals surface area contributed by atoms with Crippen molar-refractivity contribution in [3.05, 3.63) is 34.9 Å². The molecule has 0 rings (SSSR count). The predicted molar refractivity (Wildman–Crippen MR) is 76.7 cm³/mol. The van der Waals surface area contributed by atoms with Crippen LogP contribution in [0.2, 0.25) is 0 Å². The minimum absolute atomic E-state index is 0.0107. The van der Waals surface area contributed by atoms with Crippen molar-refractivity contribution in [2.45, 2.75) is 45.8 Å². The van der Waals surface area contributed by atoms with Crippen molar-refractivity contribution in [1.82, 2.24) is 0 Å². The Labute approximate surface area is 115 Å². The molecule has 2 atom stereocenters. The molecule has 0 aliphatic carbocycles. The van der Waals surface area contributed by atoms with E-state index in [2.05, 4.69) is 0 Å². The summed E-state index contributed by atoms with van der Waals surface area (Å²) in [4.78, 5) is 0. The molecule has 0 aromatic rings. The van der Waals surface area contributed by atoms with Crippen LogP contribution >= 0.6 is 0 Å². The van der Waals surface area contributed by atoms with Crippen molar-refractivity contribution in [2.24, 2.45) is 0 Å². The van der Waals surface area contributed by atoms with Gasteiger partial charge in [-0.2, -0.15) is 0 Å². The third-order valence-electron chi connectivity index (χ3n) is 2.89. The second kappa shape index (κ2) is 9.92. The Morgan fingerprint density at radius 3 is 2.16 bits per heavy atom. The van der Waals surface area contributed by atoms with E-state index in [1.54, 1.807) is 32.1 Å². The van der Waals surface area contributed by atoms with Gasteiger partial charge < -0.3 is 20.4 Å². The zero-order valence-corrected chi connectivity index (χ0v) is 12.0. The van der Waals surface area contributed by atoms with Gasteiger partial charge in [-0.3, -0.25) is 0 Å². The summed E-state index contributed by atoms with van der Waals surface area (Å²) >= 11 is 0. The van der Waals surface area contributed by atoms with Crippen LogP contribution in [0.3, 0.4) is 0 Å². The Bertz CT molecular complexity index is 342. The van der Waals surface area contributed by atoms with Crippen molar-refractivity contribution in [2.75, 3.05) is 13.2 Å². The van der Waals surface area contributed by atoms with Crippen LogP contribution in [-0.4, -0.2) is 45.8 Å². The molecule has 0 aromatic heterocycles. The number of aliphatic hydroxyl groups excluding tert-OH is 4. The van der Waals surface area contributed by atoms with E-state index in [0.717, 1.165) is 11.1 Å². The summed E-state index contributed by atoms with van der Waals surface area (Å²) in [5.74, 6) is 0. The van der Waals surface area contributed by atoms with Gasteiger partial charge in [0.2, 0.25) is 0 Å². The van der Waals surface area contributed by atoms with E-state index in [1.807, 2.05) is 6.92 Å². The second-order valence-corrected chi connectivity index (χ2v) is 4.88. The first kappa shape index (κ1) is 18.1. The molecular formula is C15H26O4. The van der Waals surface area contributed by atoms with Crippen LogP contribution in [0.4, 0.5) is 0 Å². The fourth-order valence-corrected chi connectivity index (χ4v) is 1.61. The number of hydrogen-bond acceptors (Lipinski definition) is 4. The van der Waals surface area contributed by atoms with E-state index in [9.17, 15) is 10.2 Å². The van der Waals surface area contributed by atoms with Gasteiger partial charge in [0.05, 0.1) is 25.4 Å². The Morgan fingerprint density at radius 1 is 1.00 bits per heavy atom. The van der Waals surface area contributed by atoms with Gasteiger partial charge in [0.25, 0.3) is 0 Å². The van der Waals surface area contributed by atoms with Gasteiger partial charge >= 0.3 is 0 Å². The highest BCUT2D eigenvalue weighted by molar-refractivity contribution is 5.13. The smallest absolute Gasteiger partial charge is 0.0782 e. The summed E-state index contributed by atoms with van der Waals surface area (Å²) < 4.78 is 0. The van der Waals surface area contributed by atoms with E-state index >= 15 is 0 Å². The van der Waals surface area contributed by atoms with E-state index < -0.39 is 12.2 Å². The Morgan fingerprint density at radius 2 is 1.63 bits per heavy atom. The fraction of sp³-hybridized carbons (Fsp3) is 0.600. The van der Waals surface area contributed by atoms with Crippen LogP contribution < -0.4 is 0 Å². The molecule has 0 saturated carbocycles. The normalized spacial score (nSPS) is 17.5. The third kappa shape index (κ3) is 8.72. The van der Waals surface area contributed by atoms with Gasteiger partial charge in [-0.25, -0.2) is 0 Å². The van der Waals surface area contributed by atoms with Gasteiger partial charge in [0.15, 0.2) is 0 Å². The van der Waals surface area contributed by atoms with Crippen LogP contribution in [0.25, 0.3) is 0 Å². The highest BCUT2D eigenvalue weighted by Crippen LogP contribution is 2.12. The Kier molecular flexibility index (Phi) is 9.43. The monoisotopic (exact) mass is 270 g/mol. The number of hydrogen-bond donors (Lipinski definition) is 4. The number of aliphatic hydroxyl groups is 4. The lowest BCUT2D eigenvalue weighted by molar-refractivity contribution is 0.198. The SMILES string of the molecule is C/C(=C\C[C@@H](O)/C(C)=C/[C@H](O)C/C(C)=C/CO)CO. The van der Waals surface area contributed by atoms with Crippen molar-refractivity contribution in [1.29, 1.82) is 0 Å². The summed E-state index contributed by atoms with van der Waals surface area (Å²) in [6, 6.07) is 0. The zero-order valence-electron chi connectivity index (χ0n) is 12.0. The highest BCUT2D eigenvalue weighted by atomic mass is 16.3. The first-order valence-electron chi connectivity index (χ1n) is 6.48. The van der Waals surface area contributed by atoms with Crippen molar-refractivity contribution < 1.29 is 20.4 Å². The molecule has 0 heterocycles. The molecule has 0 bridgehead atoms. The van der Waals surface area contributed by atoms with Crippen molar-refractivity contribution >= 4 is 0 Å². The third-order valence-corrected chi connectivity index (χ3v) is 2.89. The molecule has 0 spiro atoms. The average Bonchev–Trinajstić information content (AvgIpc) is 2.35. The molecule has 4 heteroatoms. The molecule has 0 aromatic carbocycles. The fourth-order valence-electron chi connectivity index (χ4n) is 1.61. The van der Waals surface area contributed by atoms with E-state index in [-0.39, 0.29) is 13.2 Å². The molecule has 0 aliphatic rings. The summed E-state index contributed by atoms with van der Waals surface area (Å²) in [5, 5.41) is 37.3. The van der Waals surface area contributed by atoms with Gasteiger partial charge in [-0.1, -0.05) is 29.4 Å². The molecule has 19 heavy (non-hydrogen) atoms. The van der Waals surface area contributed by atoms with Crippen LogP contribution in [-0.2, 0) is 0 Å². The van der Waals surface area contributed by atoms with Crippen LogP contribution in [0.15, 0.2) is 34.9 Å². The standard InChI is InChI=1S/C15H26O4/c1-11(6-7-16)8-14(18)9-13(3)15(19)5-4-12(2)10-17/h4,6,9,14-19H,5,7-8,10H2,1-3H3/b11-6+,12-4+,13-9+/t14-,15-/m1/s1. The zero-order chi connectivity index (χ0) is 14.8. The summed E-state index contributed by atoms with van der Waals surface area (Å²) in [7, 11) is 0. The van der Waals surface area contributed by atoms with E-state index in [1.165, 1.54) is 0 Å². The average molecular weight is 270 g/mol. The van der Waals surface area contributed by atoms with E-state index in [0.29, 0.717) is 18.4 Å². The minimum Gasteiger partial charge on any atom is -0.392 e. The largest absolute Gasteiger partial charge is 0.392 e.